The van der Waals surface area contributed by atoms with E-state index in [9.17, 15) is 0 Å². The first kappa shape index (κ1) is 9.00. The summed E-state index contributed by atoms with van der Waals surface area (Å²) in [7, 11) is 0. The minimum absolute atomic E-state index is 0.181. The fourth-order valence-electron chi connectivity index (χ4n) is 1.36. The van der Waals surface area contributed by atoms with Crippen molar-refractivity contribution < 1.29 is 4.74 Å². The molecule has 0 spiro atoms. The molecule has 2 nitrogen and oxygen atoms in total. The predicted octanol–water partition coefficient (Wildman–Crippen LogP) is 2.82. The topological polar surface area (TPSA) is 22.1 Å². The third-order valence-corrected chi connectivity index (χ3v) is 1.89. The van der Waals surface area contributed by atoms with Gasteiger partial charge in [-0.05, 0) is 38.1 Å². The fourth-order valence-corrected chi connectivity index (χ4v) is 1.36. The number of aromatic nitrogens is 1. The molecule has 0 unspecified atom stereocenters. The molecular formula is C12H12NO. The van der Waals surface area contributed by atoms with Crippen LogP contribution < -0.4 is 4.74 Å². The molecule has 1 radical (unpaired) electrons. The molecule has 0 N–H and O–H groups in total. The Labute approximate surface area is 83.5 Å². The highest BCUT2D eigenvalue weighted by molar-refractivity contribution is 5.84. The molecule has 0 saturated heterocycles. The van der Waals surface area contributed by atoms with E-state index in [0.717, 1.165) is 16.7 Å². The molecule has 1 aromatic carbocycles. The summed E-state index contributed by atoms with van der Waals surface area (Å²) in [6.07, 6.45) is 1.94. The quantitative estimate of drug-likeness (QED) is 0.719. The SMILES string of the molecule is CC(C)Oc1cc[c]c2ncccc12. The van der Waals surface area contributed by atoms with E-state index in [2.05, 4.69) is 11.1 Å². The maximum absolute atomic E-state index is 5.67. The number of hydrogen-bond acceptors (Lipinski definition) is 2. The molecule has 71 valence electrons. The van der Waals surface area contributed by atoms with Gasteiger partial charge in [0.15, 0.2) is 0 Å². The van der Waals surface area contributed by atoms with Crippen LogP contribution in [0.25, 0.3) is 10.9 Å². The van der Waals surface area contributed by atoms with Crippen LogP contribution in [0, 0.1) is 6.07 Å². The van der Waals surface area contributed by atoms with Gasteiger partial charge in [-0.2, -0.15) is 0 Å². The van der Waals surface area contributed by atoms with Crippen molar-refractivity contribution in [2.75, 3.05) is 0 Å². The molecule has 0 aliphatic rings. The Bertz CT molecular complexity index is 432. The zero-order valence-corrected chi connectivity index (χ0v) is 8.32. The van der Waals surface area contributed by atoms with Crippen LogP contribution in [0.4, 0.5) is 0 Å². The van der Waals surface area contributed by atoms with E-state index < -0.39 is 0 Å². The molecule has 0 fully saturated rings. The summed E-state index contributed by atoms with van der Waals surface area (Å²) >= 11 is 0. The number of ether oxygens (including phenoxy) is 1. The summed E-state index contributed by atoms with van der Waals surface area (Å²) in [6, 6.07) is 10.7. The Kier molecular flexibility index (Phi) is 2.35. The molecule has 0 bridgehead atoms. The molecular weight excluding hydrogens is 174 g/mol. The zero-order chi connectivity index (χ0) is 9.97. The van der Waals surface area contributed by atoms with Crippen LogP contribution in [0.2, 0.25) is 0 Å². The molecule has 2 heteroatoms. The number of nitrogens with zero attached hydrogens (tertiary/aromatic N) is 1. The van der Waals surface area contributed by atoms with Crippen LogP contribution >= 0.6 is 0 Å². The van der Waals surface area contributed by atoms with E-state index in [0.29, 0.717) is 0 Å². The lowest BCUT2D eigenvalue weighted by molar-refractivity contribution is 0.245. The van der Waals surface area contributed by atoms with Crippen LogP contribution in [-0.4, -0.2) is 11.1 Å². The maximum atomic E-state index is 5.67. The average molecular weight is 186 g/mol. The lowest BCUT2D eigenvalue weighted by Gasteiger charge is -2.11. The minimum atomic E-state index is 0.181. The zero-order valence-electron chi connectivity index (χ0n) is 8.32. The van der Waals surface area contributed by atoms with Gasteiger partial charge < -0.3 is 4.74 Å². The molecule has 0 saturated carbocycles. The van der Waals surface area contributed by atoms with Gasteiger partial charge in [-0.25, -0.2) is 0 Å². The van der Waals surface area contributed by atoms with Gasteiger partial charge >= 0.3 is 0 Å². The van der Waals surface area contributed by atoms with Gasteiger partial charge in [0.05, 0.1) is 11.6 Å². The molecule has 0 atom stereocenters. The first-order chi connectivity index (χ1) is 6.77. The van der Waals surface area contributed by atoms with Gasteiger partial charge in [-0.3, -0.25) is 4.98 Å². The molecule has 1 aromatic heterocycles. The standard InChI is InChI=1S/C12H12NO/c1-9(2)14-12-7-3-6-11-10(12)5-4-8-13-11/h3-5,7-9H,1-2H3. The van der Waals surface area contributed by atoms with Crippen LogP contribution in [0.3, 0.4) is 0 Å². The van der Waals surface area contributed by atoms with Crippen LogP contribution in [0.5, 0.6) is 5.75 Å². The fraction of sp³-hybridized carbons (Fsp3) is 0.250. The monoisotopic (exact) mass is 186 g/mol. The lowest BCUT2D eigenvalue weighted by atomic mass is 10.2. The highest BCUT2D eigenvalue weighted by Gasteiger charge is 2.03. The van der Waals surface area contributed by atoms with Crippen LogP contribution in [0.15, 0.2) is 30.5 Å². The second-order valence-corrected chi connectivity index (χ2v) is 3.41. The third-order valence-electron chi connectivity index (χ3n) is 1.89. The van der Waals surface area contributed by atoms with Crippen molar-refractivity contribution in [1.29, 1.82) is 0 Å². The molecule has 2 aromatic rings. The first-order valence-electron chi connectivity index (χ1n) is 4.69. The number of hydrogen-bond donors (Lipinski definition) is 0. The highest BCUT2D eigenvalue weighted by atomic mass is 16.5. The maximum Gasteiger partial charge on any atom is 0.129 e. The number of rotatable bonds is 2. The van der Waals surface area contributed by atoms with Crippen LogP contribution in [-0.2, 0) is 0 Å². The van der Waals surface area contributed by atoms with E-state index in [1.807, 2.05) is 38.1 Å². The summed E-state index contributed by atoms with van der Waals surface area (Å²) in [5, 5.41) is 1.02. The summed E-state index contributed by atoms with van der Waals surface area (Å²) in [6.45, 7) is 4.03. The van der Waals surface area contributed by atoms with Crippen molar-refractivity contribution in [3.05, 3.63) is 36.5 Å². The normalized spacial score (nSPS) is 10.8. The van der Waals surface area contributed by atoms with E-state index in [-0.39, 0.29) is 6.10 Å². The van der Waals surface area contributed by atoms with E-state index in [1.165, 1.54) is 0 Å². The van der Waals surface area contributed by atoms with Gasteiger partial charge in [0.1, 0.15) is 5.75 Å². The number of benzene rings is 1. The Hall–Kier alpha value is -1.57. The largest absolute Gasteiger partial charge is 0.490 e. The van der Waals surface area contributed by atoms with Gasteiger partial charge in [-0.15, -0.1) is 0 Å². The van der Waals surface area contributed by atoms with Gasteiger partial charge in [0, 0.05) is 17.6 Å². The summed E-state index contributed by atoms with van der Waals surface area (Å²) in [4.78, 5) is 4.21. The van der Waals surface area contributed by atoms with E-state index in [4.69, 9.17) is 4.74 Å². The Morgan fingerprint density at radius 3 is 3.00 bits per heavy atom. The van der Waals surface area contributed by atoms with Gasteiger partial charge in [0.2, 0.25) is 0 Å². The molecule has 0 amide bonds. The Morgan fingerprint density at radius 1 is 1.36 bits per heavy atom. The Balaban J connectivity index is 2.53. The first-order valence-corrected chi connectivity index (χ1v) is 4.69. The highest BCUT2D eigenvalue weighted by Crippen LogP contribution is 2.23. The second-order valence-electron chi connectivity index (χ2n) is 3.41. The second kappa shape index (κ2) is 3.66. The molecule has 0 aliphatic heterocycles. The summed E-state index contributed by atoms with van der Waals surface area (Å²) < 4.78 is 5.67. The van der Waals surface area contributed by atoms with Crippen molar-refractivity contribution in [1.82, 2.24) is 4.98 Å². The van der Waals surface area contributed by atoms with E-state index in [1.54, 1.807) is 6.20 Å². The van der Waals surface area contributed by atoms with Gasteiger partial charge in [-0.1, -0.05) is 0 Å². The van der Waals surface area contributed by atoms with Crippen molar-refractivity contribution in [2.24, 2.45) is 0 Å². The van der Waals surface area contributed by atoms with Gasteiger partial charge in [0.25, 0.3) is 0 Å². The Morgan fingerprint density at radius 2 is 2.21 bits per heavy atom. The van der Waals surface area contributed by atoms with Crippen molar-refractivity contribution in [3.8, 4) is 5.75 Å². The molecule has 1 heterocycles. The van der Waals surface area contributed by atoms with Crippen molar-refractivity contribution in [2.45, 2.75) is 20.0 Å². The molecule has 14 heavy (non-hydrogen) atoms. The van der Waals surface area contributed by atoms with E-state index >= 15 is 0 Å². The van der Waals surface area contributed by atoms with Crippen LogP contribution in [0.1, 0.15) is 13.8 Å². The third kappa shape index (κ3) is 1.69. The van der Waals surface area contributed by atoms with Crippen molar-refractivity contribution >= 4 is 10.9 Å². The predicted molar refractivity (Wildman–Crippen MR) is 56.3 cm³/mol. The molecule has 0 aliphatic carbocycles. The smallest absolute Gasteiger partial charge is 0.129 e. The average Bonchev–Trinajstić information content (AvgIpc) is 2.18. The molecule has 2 rings (SSSR count). The minimum Gasteiger partial charge on any atom is -0.490 e. The number of fused-ring (bicyclic) bond motifs is 1. The summed E-state index contributed by atoms with van der Waals surface area (Å²) in [5.74, 6) is 0.877. The summed E-state index contributed by atoms with van der Waals surface area (Å²) in [5.41, 5.74) is 0.852. The van der Waals surface area contributed by atoms with Crippen molar-refractivity contribution in [3.63, 3.8) is 0 Å². The number of pyridine rings is 1. The lowest BCUT2D eigenvalue weighted by Crippen LogP contribution is -2.05.